The average molecular weight is 465 g/mol. The second-order valence-electron chi connectivity index (χ2n) is 5.83. The first-order valence-corrected chi connectivity index (χ1v) is 10.0. The van der Waals surface area contributed by atoms with Gasteiger partial charge in [0.1, 0.15) is 23.2 Å². The number of benzene rings is 2. The van der Waals surface area contributed by atoms with Crippen molar-refractivity contribution in [1.82, 2.24) is 0 Å². The van der Waals surface area contributed by atoms with Gasteiger partial charge < -0.3 is 9.73 Å². The van der Waals surface area contributed by atoms with Crippen LogP contribution in [0, 0.1) is 11.3 Å². The summed E-state index contributed by atoms with van der Waals surface area (Å²) in [4.78, 5) is 12.7. The van der Waals surface area contributed by atoms with E-state index in [9.17, 15) is 18.8 Å². The molecule has 4 nitrogen and oxygen atoms in total. The van der Waals surface area contributed by atoms with Gasteiger partial charge in [0.2, 0.25) is 0 Å². The minimum atomic E-state index is -2.53. The van der Waals surface area contributed by atoms with Gasteiger partial charge in [-0.25, -0.2) is 0 Å². The third kappa shape index (κ3) is 5.42. The van der Waals surface area contributed by atoms with E-state index in [0.717, 1.165) is 0 Å². The molecule has 0 radical (unpaired) electrons. The van der Waals surface area contributed by atoms with Crippen molar-refractivity contribution in [3.63, 3.8) is 0 Å². The SMILES string of the molecule is N#CC(=Cc1ccc(-c2cccc(Cl)c2Cl)o1)C(=O)Nc1ccc(SC(F)F)cc1. The third-order valence-electron chi connectivity index (χ3n) is 3.83. The molecular weight excluding hydrogens is 453 g/mol. The summed E-state index contributed by atoms with van der Waals surface area (Å²) in [5.74, 6) is -2.49. The van der Waals surface area contributed by atoms with Crippen LogP contribution in [0.1, 0.15) is 5.76 Å². The maximum Gasteiger partial charge on any atom is 0.288 e. The van der Waals surface area contributed by atoms with E-state index in [1.165, 1.54) is 30.3 Å². The molecule has 1 N–H and O–H groups in total. The number of alkyl halides is 2. The quantitative estimate of drug-likeness (QED) is 0.239. The average Bonchev–Trinajstić information content (AvgIpc) is 3.17. The molecule has 0 fully saturated rings. The molecule has 0 aliphatic heterocycles. The van der Waals surface area contributed by atoms with Crippen molar-refractivity contribution in [2.75, 3.05) is 5.32 Å². The van der Waals surface area contributed by atoms with Crippen LogP contribution in [0.25, 0.3) is 17.4 Å². The number of carbonyl (C=O) groups excluding carboxylic acids is 1. The van der Waals surface area contributed by atoms with Crippen molar-refractivity contribution in [3.05, 3.63) is 76.0 Å². The lowest BCUT2D eigenvalue weighted by atomic mass is 10.2. The zero-order chi connectivity index (χ0) is 21.7. The number of nitriles is 1. The molecule has 0 bridgehead atoms. The van der Waals surface area contributed by atoms with E-state index in [1.807, 2.05) is 6.07 Å². The van der Waals surface area contributed by atoms with Gasteiger partial charge in [-0.2, -0.15) is 14.0 Å². The Hall–Kier alpha value is -2.79. The predicted molar refractivity (Wildman–Crippen MR) is 115 cm³/mol. The minimum absolute atomic E-state index is 0.195. The van der Waals surface area contributed by atoms with Crippen molar-refractivity contribution in [2.24, 2.45) is 0 Å². The first-order chi connectivity index (χ1) is 14.4. The zero-order valence-corrected chi connectivity index (χ0v) is 17.4. The molecular formula is C21H12Cl2F2N2O2S. The van der Waals surface area contributed by atoms with Crippen LogP contribution in [0.5, 0.6) is 0 Å². The Morgan fingerprint density at radius 2 is 1.87 bits per heavy atom. The Morgan fingerprint density at radius 1 is 1.13 bits per heavy atom. The Labute approximate surface area is 185 Å². The molecule has 0 saturated heterocycles. The number of hydrogen-bond donors (Lipinski definition) is 1. The number of carbonyl (C=O) groups is 1. The van der Waals surface area contributed by atoms with Crippen LogP contribution in [0.4, 0.5) is 14.5 Å². The second kappa shape index (κ2) is 9.81. The molecule has 152 valence electrons. The molecule has 30 heavy (non-hydrogen) atoms. The Balaban J connectivity index is 1.76. The highest BCUT2D eigenvalue weighted by atomic mass is 35.5. The molecule has 0 spiro atoms. The van der Waals surface area contributed by atoms with E-state index in [4.69, 9.17) is 27.6 Å². The summed E-state index contributed by atoms with van der Waals surface area (Å²) in [5.41, 5.74) is 0.748. The predicted octanol–water partition coefficient (Wildman–Crippen LogP) is 7.11. The Kier molecular flexibility index (Phi) is 7.16. The van der Waals surface area contributed by atoms with Crippen molar-refractivity contribution >= 4 is 52.6 Å². The van der Waals surface area contributed by atoms with Crippen LogP contribution in [0.3, 0.4) is 0 Å². The first-order valence-electron chi connectivity index (χ1n) is 8.39. The zero-order valence-electron chi connectivity index (χ0n) is 15.0. The lowest BCUT2D eigenvalue weighted by molar-refractivity contribution is -0.112. The minimum Gasteiger partial charge on any atom is -0.457 e. The first kappa shape index (κ1) is 21.9. The summed E-state index contributed by atoms with van der Waals surface area (Å²) in [6.45, 7) is 0. The summed E-state index contributed by atoms with van der Waals surface area (Å²) < 4.78 is 30.4. The van der Waals surface area contributed by atoms with E-state index in [1.54, 1.807) is 30.3 Å². The van der Waals surface area contributed by atoms with Gasteiger partial charge in [0.05, 0.1) is 10.0 Å². The number of furan rings is 1. The van der Waals surface area contributed by atoms with E-state index < -0.39 is 11.7 Å². The number of anilines is 1. The number of nitrogens with one attached hydrogen (secondary N) is 1. The topological polar surface area (TPSA) is 66.0 Å². The van der Waals surface area contributed by atoms with Gasteiger partial charge in [-0.05, 0) is 48.5 Å². The van der Waals surface area contributed by atoms with Crippen LogP contribution in [0.2, 0.25) is 10.0 Å². The van der Waals surface area contributed by atoms with E-state index in [2.05, 4.69) is 5.32 Å². The highest BCUT2D eigenvalue weighted by Crippen LogP contribution is 2.34. The third-order valence-corrected chi connectivity index (χ3v) is 5.37. The number of thioether (sulfide) groups is 1. The van der Waals surface area contributed by atoms with Crippen molar-refractivity contribution < 1.29 is 18.0 Å². The summed E-state index contributed by atoms with van der Waals surface area (Å²) in [5, 5.41) is 12.6. The maximum atomic E-state index is 12.4. The summed E-state index contributed by atoms with van der Waals surface area (Å²) in [7, 11) is 0. The van der Waals surface area contributed by atoms with Crippen LogP contribution < -0.4 is 5.32 Å². The molecule has 1 amide bonds. The lowest BCUT2D eigenvalue weighted by Crippen LogP contribution is -2.13. The molecule has 0 atom stereocenters. The van der Waals surface area contributed by atoms with Crippen molar-refractivity contribution in [3.8, 4) is 17.4 Å². The van der Waals surface area contributed by atoms with Crippen LogP contribution in [0.15, 0.2) is 69.5 Å². The van der Waals surface area contributed by atoms with Gasteiger partial charge in [-0.15, -0.1) is 0 Å². The fourth-order valence-electron chi connectivity index (χ4n) is 2.48. The normalized spacial score (nSPS) is 11.4. The van der Waals surface area contributed by atoms with E-state index in [0.29, 0.717) is 43.7 Å². The summed E-state index contributed by atoms with van der Waals surface area (Å²) in [6, 6.07) is 16.0. The van der Waals surface area contributed by atoms with Gasteiger partial charge in [-0.3, -0.25) is 4.79 Å². The number of halogens is 4. The fourth-order valence-corrected chi connectivity index (χ4v) is 3.37. The van der Waals surface area contributed by atoms with Crippen molar-refractivity contribution in [1.29, 1.82) is 5.26 Å². The molecule has 0 aliphatic carbocycles. The molecule has 0 aliphatic rings. The highest BCUT2D eigenvalue weighted by Gasteiger charge is 2.14. The number of rotatable bonds is 6. The standard InChI is InChI=1S/C21H12Cl2F2N2O2S/c22-17-3-1-2-16(19(17)23)18-9-6-14(29-18)10-12(11-26)20(28)27-13-4-7-15(8-5-13)30-21(24)25/h1-10,21H,(H,27,28). The molecule has 1 aromatic heterocycles. The molecule has 0 unspecified atom stereocenters. The molecule has 1 heterocycles. The van der Waals surface area contributed by atoms with Gasteiger partial charge in [0.25, 0.3) is 11.7 Å². The molecule has 0 saturated carbocycles. The summed E-state index contributed by atoms with van der Waals surface area (Å²) >= 11 is 12.6. The second-order valence-corrected chi connectivity index (χ2v) is 7.68. The largest absolute Gasteiger partial charge is 0.457 e. The number of hydrogen-bond acceptors (Lipinski definition) is 4. The van der Waals surface area contributed by atoms with Gasteiger partial charge in [-0.1, -0.05) is 41.0 Å². The van der Waals surface area contributed by atoms with E-state index in [-0.39, 0.29) is 11.3 Å². The van der Waals surface area contributed by atoms with Gasteiger partial charge in [0, 0.05) is 22.2 Å². The van der Waals surface area contributed by atoms with Gasteiger partial charge >= 0.3 is 0 Å². The van der Waals surface area contributed by atoms with Crippen LogP contribution >= 0.6 is 35.0 Å². The molecule has 2 aromatic carbocycles. The van der Waals surface area contributed by atoms with Gasteiger partial charge in [0.15, 0.2) is 0 Å². The van der Waals surface area contributed by atoms with E-state index >= 15 is 0 Å². The molecule has 9 heteroatoms. The smallest absolute Gasteiger partial charge is 0.288 e. The van der Waals surface area contributed by atoms with Crippen LogP contribution in [-0.2, 0) is 4.79 Å². The number of amides is 1. The summed E-state index contributed by atoms with van der Waals surface area (Å²) in [6.07, 6.45) is 1.29. The lowest BCUT2D eigenvalue weighted by Gasteiger charge is -2.05. The highest BCUT2D eigenvalue weighted by molar-refractivity contribution is 7.99. The van der Waals surface area contributed by atoms with Crippen molar-refractivity contribution in [2.45, 2.75) is 10.7 Å². The monoisotopic (exact) mass is 464 g/mol. The maximum absolute atomic E-state index is 12.4. The fraction of sp³-hybridized carbons (Fsp3) is 0.0476. The number of nitrogens with zero attached hydrogens (tertiary/aromatic N) is 1. The molecule has 3 rings (SSSR count). The Bertz CT molecular complexity index is 1140. The molecule has 3 aromatic rings. The Morgan fingerprint density at radius 3 is 2.53 bits per heavy atom. The van der Waals surface area contributed by atoms with Crippen LogP contribution in [-0.4, -0.2) is 11.7 Å².